The van der Waals surface area contributed by atoms with Crippen molar-refractivity contribution in [2.75, 3.05) is 5.32 Å². The summed E-state index contributed by atoms with van der Waals surface area (Å²) in [4.78, 5) is 12.6. The van der Waals surface area contributed by atoms with Crippen LogP contribution in [0.4, 0.5) is 19.3 Å². The van der Waals surface area contributed by atoms with Gasteiger partial charge in [0.05, 0.1) is 10.5 Å². The topological polar surface area (TPSA) is 78.4 Å². The molecule has 8 heteroatoms. The highest BCUT2D eigenvalue weighted by atomic mass is 32.2. The van der Waals surface area contributed by atoms with Gasteiger partial charge in [0, 0.05) is 5.69 Å². The summed E-state index contributed by atoms with van der Waals surface area (Å²) >= 11 is 0. The molecule has 0 fully saturated rings. The van der Waals surface area contributed by atoms with Crippen LogP contribution < -0.4 is 10.0 Å². The Kier molecular flexibility index (Phi) is 7.36. The minimum atomic E-state index is -2.07. The summed E-state index contributed by atoms with van der Waals surface area (Å²) in [5.74, 6) is -1.19. The number of nitrogens with one attached hydrogen (secondary N) is 2. The highest BCUT2D eigenvalue weighted by molar-refractivity contribution is 7.83. The van der Waals surface area contributed by atoms with E-state index in [9.17, 15) is 22.9 Å². The zero-order valence-corrected chi connectivity index (χ0v) is 18.8. The molecule has 0 saturated heterocycles. The third-order valence-electron chi connectivity index (χ3n) is 4.62. The van der Waals surface area contributed by atoms with Crippen molar-refractivity contribution in [3.63, 3.8) is 0 Å². The molecule has 1 unspecified atom stereocenters. The fourth-order valence-corrected chi connectivity index (χ4v) is 3.80. The van der Waals surface area contributed by atoms with Crippen LogP contribution in [0.2, 0.25) is 0 Å². The number of anilines is 1. The fraction of sp³-hybridized carbons (Fsp3) is 0.409. The Morgan fingerprint density at radius 3 is 1.93 bits per heavy atom. The molecule has 164 valence electrons. The average molecular weight is 439 g/mol. The van der Waals surface area contributed by atoms with Gasteiger partial charge in [-0.1, -0.05) is 27.7 Å². The van der Waals surface area contributed by atoms with Crippen molar-refractivity contribution in [2.24, 2.45) is 0 Å². The van der Waals surface area contributed by atoms with Crippen LogP contribution in [0.5, 0.6) is 0 Å². The molecule has 0 aromatic heterocycles. The lowest BCUT2D eigenvalue weighted by Crippen LogP contribution is -2.31. The molecule has 5 nitrogen and oxygen atoms in total. The van der Waals surface area contributed by atoms with Gasteiger partial charge in [-0.3, -0.25) is 4.72 Å². The van der Waals surface area contributed by atoms with Crippen molar-refractivity contribution in [3.05, 3.63) is 58.7 Å². The van der Waals surface area contributed by atoms with Gasteiger partial charge in [0.25, 0.3) is 0 Å². The second-order valence-corrected chi connectivity index (χ2v) is 9.54. The van der Waals surface area contributed by atoms with Crippen LogP contribution in [0.15, 0.2) is 35.2 Å². The van der Waals surface area contributed by atoms with E-state index in [1.54, 1.807) is 0 Å². The van der Waals surface area contributed by atoms with E-state index in [1.807, 2.05) is 27.7 Å². The second kappa shape index (κ2) is 9.22. The molecule has 0 spiro atoms. The maximum Gasteiger partial charge on any atom is 0.331 e. The van der Waals surface area contributed by atoms with E-state index in [1.165, 1.54) is 32.0 Å². The number of amides is 2. The van der Waals surface area contributed by atoms with Crippen LogP contribution in [-0.4, -0.2) is 15.3 Å². The third kappa shape index (κ3) is 5.86. The predicted octanol–water partition coefficient (Wildman–Crippen LogP) is 5.28. The molecule has 30 heavy (non-hydrogen) atoms. The van der Waals surface area contributed by atoms with Gasteiger partial charge in [-0.15, -0.1) is 0 Å². The first-order chi connectivity index (χ1) is 13.8. The van der Waals surface area contributed by atoms with Crippen LogP contribution in [0.1, 0.15) is 70.1 Å². The normalized spacial score (nSPS) is 12.9. The molecule has 2 aromatic rings. The molecule has 2 rings (SSSR count). The maximum atomic E-state index is 14.0. The summed E-state index contributed by atoms with van der Waals surface area (Å²) in [6.45, 7) is 10.5. The van der Waals surface area contributed by atoms with E-state index < -0.39 is 34.3 Å². The van der Waals surface area contributed by atoms with Crippen molar-refractivity contribution < 1.29 is 22.9 Å². The summed E-state index contributed by atoms with van der Waals surface area (Å²) in [6, 6.07) is 5.51. The molecule has 2 aromatic carbocycles. The minimum absolute atomic E-state index is 0.00884. The Bertz CT molecular complexity index is 940. The lowest BCUT2D eigenvalue weighted by Gasteiger charge is -2.21. The zero-order chi connectivity index (χ0) is 22.8. The molecule has 0 saturated carbocycles. The largest absolute Gasteiger partial charge is 0.386 e. The predicted molar refractivity (Wildman–Crippen MR) is 115 cm³/mol. The third-order valence-corrected chi connectivity index (χ3v) is 5.66. The Labute approximate surface area is 178 Å². The number of carbonyl (C=O) groups excluding carboxylic acids is 1. The summed E-state index contributed by atoms with van der Waals surface area (Å²) in [5.41, 5.74) is 0.600. The van der Waals surface area contributed by atoms with Crippen molar-refractivity contribution in [1.29, 1.82) is 0 Å². The smallest absolute Gasteiger partial charge is 0.331 e. The molecule has 0 aliphatic rings. The molecule has 0 radical (unpaired) electrons. The monoisotopic (exact) mass is 438 g/mol. The average Bonchev–Trinajstić information content (AvgIpc) is 2.61. The van der Waals surface area contributed by atoms with Gasteiger partial charge >= 0.3 is 6.03 Å². The van der Waals surface area contributed by atoms with Crippen molar-refractivity contribution in [3.8, 4) is 0 Å². The first kappa shape index (κ1) is 24.0. The Balaban J connectivity index is 2.31. The van der Waals surface area contributed by atoms with E-state index in [0.717, 1.165) is 12.1 Å². The van der Waals surface area contributed by atoms with E-state index in [2.05, 4.69) is 10.0 Å². The summed E-state index contributed by atoms with van der Waals surface area (Å²) in [6.07, 6.45) is 0. The Morgan fingerprint density at radius 1 is 0.967 bits per heavy atom. The molecule has 0 aliphatic carbocycles. The minimum Gasteiger partial charge on any atom is -0.386 e. The van der Waals surface area contributed by atoms with Crippen LogP contribution in [0, 0.1) is 11.6 Å². The summed E-state index contributed by atoms with van der Waals surface area (Å²) in [5, 5.41) is 12.8. The molecule has 1 atom stereocenters. The Hall–Kier alpha value is -2.32. The highest BCUT2D eigenvalue weighted by Gasteiger charge is 2.21. The fourth-order valence-electron chi connectivity index (χ4n) is 3.01. The highest BCUT2D eigenvalue weighted by Crippen LogP contribution is 2.33. The van der Waals surface area contributed by atoms with Crippen molar-refractivity contribution in [2.45, 2.75) is 63.9 Å². The van der Waals surface area contributed by atoms with E-state index >= 15 is 0 Å². The standard InChI is InChI=1S/C22H28F2N2O3S/c1-12(2)18-10-16(24)11-19(13(3)4)20(18)25-21(27)26-30(29)17-8-14(22(5,6)28)7-15(23)9-17/h7-13,28H,1-6H3,(H2,25,26,27). The number of rotatable bonds is 6. The number of aliphatic hydroxyl groups is 1. The first-order valence-corrected chi connectivity index (χ1v) is 10.8. The molecule has 2 amide bonds. The SMILES string of the molecule is CC(C)c1cc(F)cc(C(C)C)c1NC(=O)NS(=O)c1cc(F)cc(C(C)(C)O)c1. The van der Waals surface area contributed by atoms with Crippen molar-refractivity contribution in [1.82, 2.24) is 4.72 Å². The molecule has 0 heterocycles. The molecule has 3 N–H and O–H groups in total. The van der Waals surface area contributed by atoms with E-state index in [-0.39, 0.29) is 22.3 Å². The van der Waals surface area contributed by atoms with Crippen LogP contribution >= 0.6 is 0 Å². The van der Waals surface area contributed by atoms with Crippen LogP contribution in [0.3, 0.4) is 0 Å². The van der Waals surface area contributed by atoms with E-state index in [0.29, 0.717) is 16.8 Å². The zero-order valence-electron chi connectivity index (χ0n) is 18.0. The molecule has 0 bridgehead atoms. The summed E-state index contributed by atoms with van der Waals surface area (Å²) < 4.78 is 42.8. The molecule has 0 aliphatic heterocycles. The number of urea groups is 1. The van der Waals surface area contributed by atoms with Crippen LogP contribution in [0.25, 0.3) is 0 Å². The van der Waals surface area contributed by atoms with Crippen molar-refractivity contribution >= 4 is 22.7 Å². The van der Waals surface area contributed by atoms with Gasteiger partial charge in [-0.2, -0.15) is 0 Å². The number of carbonyl (C=O) groups is 1. The van der Waals surface area contributed by atoms with Gasteiger partial charge in [-0.05, 0) is 72.7 Å². The Morgan fingerprint density at radius 2 is 1.47 bits per heavy atom. The number of benzene rings is 2. The van der Waals surface area contributed by atoms with Gasteiger partial charge in [0.1, 0.15) is 11.6 Å². The molecular weight excluding hydrogens is 410 g/mol. The number of hydrogen-bond acceptors (Lipinski definition) is 3. The lowest BCUT2D eigenvalue weighted by atomic mass is 9.92. The quantitative estimate of drug-likeness (QED) is 0.574. The summed E-state index contributed by atoms with van der Waals surface area (Å²) in [7, 11) is -2.07. The van der Waals surface area contributed by atoms with Gasteiger partial charge in [0.2, 0.25) is 0 Å². The lowest BCUT2D eigenvalue weighted by molar-refractivity contribution is 0.0780. The first-order valence-electron chi connectivity index (χ1n) is 9.65. The maximum absolute atomic E-state index is 14.0. The van der Waals surface area contributed by atoms with E-state index in [4.69, 9.17) is 0 Å². The van der Waals surface area contributed by atoms with Gasteiger partial charge in [-0.25, -0.2) is 17.8 Å². The van der Waals surface area contributed by atoms with Gasteiger partial charge < -0.3 is 10.4 Å². The van der Waals surface area contributed by atoms with Crippen LogP contribution in [-0.2, 0) is 16.6 Å². The second-order valence-electron chi connectivity index (χ2n) is 8.33. The van der Waals surface area contributed by atoms with Gasteiger partial charge in [0.15, 0.2) is 11.0 Å². The number of halogens is 2. The number of hydrogen-bond donors (Lipinski definition) is 3. The molecular formula is C22H28F2N2O3S.